The smallest absolute Gasteiger partial charge is 0.210 e. The maximum absolute atomic E-state index is 6.08. The van der Waals surface area contributed by atoms with Crippen LogP contribution in [-0.4, -0.2) is 22.0 Å². The van der Waals surface area contributed by atoms with Gasteiger partial charge in [0.2, 0.25) is 5.16 Å². The first-order valence-corrected chi connectivity index (χ1v) is 8.27. The molecule has 0 atom stereocenters. The maximum atomic E-state index is 6.08. The van der Waals surface area contributed by atoms with Crippen molar-refractivity contribution >= 4 is 27.7 Å². The summed E-state index contributed by atoms with van der Waals surface area (Å²) in [7, 11) is 1.67. The van der Waals surface area contributed by atoms with Crippen LogP contribution < -0.4 is 10.6 Å². The monoisotopic (exact) mass is 370 g/mol. The lowest BCUT2D eigenvalue weighted by molar-refractivity contribution is 0.411. The molecule has 0 radical (unpaired) electrons. The molecule has 2 aromatic rings. The normalized spacial score (nSPS) is 11.7. The number of hydrogen-bond acceptors (Lipinski definition) is 5. The molecule has 0 bridgehead atoms. The minimum Gasteiger partial charge on any atom is -0.496 e. The third kappa shape index (κ3) is 3.71. The van der Waals surface area contributed by atoms with Gasteiger partial charge in [-0.2, -0.15) is 0 Å². The first-order valence-electron chi connectivity index (χ1n) is 6.49. The predicted molar refractivity (Wildman–Crippen MR) is 89.1 cm³/mol. The Balaban J connectivity index is 2.18. The molecule has 0 aliphatic heterocycles. The van der Waals surface area contributed by atoms with Crippen LogP contribution in [0.4, 0.5) is 0 Å². The van der Waals surface area contributed by atoms with Crippen molar-refractivity contribution in [2.24, 2.45) is 0 Å². The van der Waals surface area contributed by atoms with E-state index in [1.165, 1.54) is 11.8 Å². The van der Waals surface area contributed by atoms with Crippen LogP contribution in [0.2, 0.25) is 0 Å². The molecule has 1 aromatic heterocycles. The quantitative estimate of drug-likeness (QED) is 0.660. The summed E-state index contributed by atoms with van der Waals surface area (Å²) in [5.41, 5.74) is 0.950. The Bertz CT molecular complexity index is 636. The summed E-state index contributed by atoms with van der Waals surface area (Å²) in [6, 6.07) is 5.93. The van der Waals surface area contributed by atoms with Crippen molar-refractivity contribution < 1.29 is 4.74 Å². The fourth-order valence-corrected chi connectivity index (χ4v) is 3.13. The van der Waals surface area contributed by atoms with Crippen LogP contribution in [0.15, 0.2) is 27.8 Å². The molecular formula is C14H19BrN4OS. The summed E-state index contributed by atoms with van der Waals surface area (Å²) in [5, 5.41) is 9.06. The van der Waals surface area contributed by atoms with Crippen molar-refractivity contribution in [3.05, 3.63) is 34.1 Å². The number of benzene rings is 1. The molecule has 114 valence electrons. The van der Waals surface area contributed by atoms with E-state index in [0.29, 0.717) is 10.9 Å². The summed E-state index contributed by atoms with van der Waals surface area (Å²) < 4.78 is 7.95. The van der Waals surface area contributed by atoms with Crippen LogP contribution in [-0.2, 0) is 11.2 Å². The van der Waals surface area contributed by atoms with Crippen LogP contribution in [0.25, 0.3) is 0 Å². The number of methoxy groups -OCH3 is 1. The molecule has 2 rings (SSSR count). The van der Waals surface area contributed by atoms with Gasteiger partial charge in [-0.05, 0) is 18.2 Å². The highest BCUT2D eigenvalue weighted by atomic mass is 79.9. The van der Waals surface area contributed by atoms with Crippen LogP contribution in [0, 0.1) is 0 Å². The third-order valence-corrected chi connectivity index (χ3v) is 4.42. The largest absolute Gasteiger partial charge is 0.496 e. The second kappa shape index (κ2) is 6.27. The zero-order valence-electron chi connectivity index (χ0n) is 12.6. The lowest BCUT2D eigenvalue weighted by Crippen LogP contribution is -2.24. The Morgan fingerprint density at radius 1 is 1.33 bits per heavy atom. The third-order valence-electron chi connectivity index (χ3n) is 2.93. The molecule has 2 N–H and O–H groups in total. The summed E-state index contributed by atoms with van der Waals surface area (Å²) in [6.07, 6.45) is 0. The van der Waals surface area contributed by atoms with Gasteiger partial charge < -0.3 is 10.6 Å². The van der Waals surface area contributed by atoms with E-state index in [0.717, 1.165) is 21.6 Å². The van der Waals surface area contributed by atoms with Crippen molar-refractivity contribution in [2.75, 3.05) is 13.0 Å². The Labute approximate surface area is 137 Å². The molecule has 0 aliphatic carbocycles. The molecule has 0 saturated carbocycles. The Morgan fingerprint density at radius 2 is 2.05 bits per heavy atom. The van der Waals surface area contributed by atoms with Gasteiger partial charge in [-0.3, -0.25) is 0 Å². The second-order valence-electron chi connectivity index (χ2n) is 5.67. The summed E-state index contributed by atoms with van der Waals surface area (Å²) >= 11 is 5.01. The van der Waals surface area contributed by atoms with E-state index in [1.54, 1.807) is 11.8 Å². The molecule has 7 heteroatoms. The molecule has 21 heavy (non-hydrogen) atoms. The molecule has 1 aromatic carbocycles. The van der Waals surface area contributed by atoms with E-state index in [2.05, 4.69) is 46.9 Å². The number of nitrogens with two attached hydrogens (primary N) is 1. The van der Waals surface area contributed by atoms with Crippen molar-refractivity contribution in [1.82, 2.24) is 14.9 Å². The first kappa shape index (κ1) is 16.2. The molecule has 0 aliphatic rings. The summed E-state index contributed by atoms with van der Waals surface area (Å²) in [6.45, 7) is 6.18. The Kier molecular flexibility index (Phi) is 4.83. The molecule has 0 fully saturated rings. The van der Waals surface area contributed by atoms with Gasteiger partial charge in [-0.15, -0.1) is 10.2 Å². The van der Waals surface area contributed by atoms with Crippen molar-refractivity contribution in [3.63, 3.8) is 0 Å². The van der Waals surface area contributed by atoms with E-state index in [1.807, 2.05) is 18.2 Å². The Hall–Kier alpha value is -1.21. The van der Waals surface area contributed by atoms with Gasteiger partial charge in [0.05, 0.1) is 7.11 Å². The van der Waals surface area contributed by atoms with E-state index >= 15 is 0 Å². The maximum Gasteiger partial charge on any atom is 0.210 e. The fourth-order valence-electron chi connectivity index (χ4n) is 1.89. The van der Waals surface area contributed by atoms with Crippen LogP contribution in [0.3, 0.4) is 0 Å². The Morgan fingerprint density at radius 3 is 2.62 bits per heavy atom. The van der Waals surface area contributed by atoms with E-state index in [-0.39, 0.29) is 5.41 Å². The molecule has 0 saturated heterocycles. The van der Waals surface area contributed by atoms with Gasteiger partial charge in [-0.1, -0.05) is 48.5 Å². The average Bonchev–Trinajstić information content (AvgIpc) is 2.77. The van der Waals surface area contributed by atoms with Crippen molar-refractivity contribution in [1.29, 1.82) is 0 Å². The summed E-state index contributed by atoms with van der Waals surface area (Å²) in [4.78, 5) is 0. The number of aromatic nitrogens is 3. The number of hydrogen-bond donors (Lipinski definition) is 1. The molecule has 0 amide bonds. The van der Waals surface area contributed by atoms with Gasteiger partial charge in [0.25, 0.3) is 0 Å². The van der Waals surface area contributed by atoms with E-state index < -0.39 is 0 Å². The lowest BCUT2D eigenvalue weighted by atomic mass is 9.96. The highest BCUT2D eigenvalue weighted by Gasteiger charge is 2.23. The minimum absolute atomic E-state index is 0.131. The lowest BCUT2D eigenvalue weighted by Gasteiger charge is -2.16. The van der Waals surface area contributed by atoms with Gasteiger partial charge in [-0.25, -0.2) is 4.68 Å². The topological polar surface area (TPSA) is 66.0 Å². The number of nitrogens with zero attached hydrogens (tertiary/aromatic N) is 3. The van der Waals surface area contributed by atoms with E-state index in [9.17, 15) is 0 Å². The molecule has 1 heterocycles. The molecule has 5 nitrogen and oxygen atoms in total. The van der Waals surface area contributed by atoms with E-state index in [4.69, 9.17) is 10.6 Å². The highest BCUT2D eigenvalue weighted by molar-refractivity contribution is 9.10. The minimum atomic E-state index is -0.131. The SMILES string of the molecule is COc1ccc(Br)cc1CSc1nnc(C(C)(C)C)n1N. The van der Waals surface area contributed by atoms with Crippen LogP contribution in [0.5, 0.6) is 5.75 Å². The predicted octanol–water partition coefficient (Wildman–Crippen LogP) is 3.35. The van der Waals surface area contributed by atoms with Crippen molar-refractivity contribution in [3.8, 4) is 5.75 Å². The first-order chi connectivity index (χ1) is 9.82. The van der Waals surface area contributed by atoms with Crippen molar-refractivity contribution in [2.45, 2.75) is 37.1 Å². The second-order valence-corrected chi connectivity index (χ2v) is 7.53. The average molecular weight is 371 g/mol. The molecule has 0 spiro atoms. The molecular weight excluding hydrogens is 352 g/mol. The van der Waals surface area contributed by atoms with Gasteiger partial charge >= 0.3 is 0 Å². The zero-order valence-corrected chi connectivity index (χ0v) is 15.0. The van der Waals surface area contributed by atoms with Gasteiger partial charge in [0.15, 0.2) is 5.82 Å². The number of rotatable bonds is 4. The molecule has 0 unspecified atom stereocenters. The number of nitrogen functional groups attached to an aromatic ring is 1. The van der Waals surface area contributed by atoms with Crippen LogP contribution in [0.1, 0.15) is 32.2 Å². The van der Waals surface area contributed by atoms with Crippen LogP contribution >= 0.6 is 27.7 Å². The zero-order chi connectivity index (χ0) is 15.6. The van der Waals surface area contributed by atoms with Gasteiger partial charge in [0.1, 0.15) is 5.75 Å². The number of thioether (sulfide) groups is 1. The van der Waals surface area contributed by atoms with Gasteiger partial charge in [0, 0.05) is 21.2 Å². The summed E-state index contributed by atoms with van der Waals surface area (Å²) in [5.74, 6) is 8.42. The highest BCUT2D eigenvalue weighted by Crippen LogP contribution is 2.30. The number of ether oxygens (including phenoxy) is 1. The standard InChI is InChI=1S/C14H19BrN4OS/c1-14(2,3)12-17-18-13(19(12)16)21-8-9-7-10(15)5-6-11(9)20-4/h5-7H,8,16H2,1-4H3. The number of halogens is 1. The fraction of sp³-hybridized carbons (Fsp3) is 0.429.